The molecule has 1 saturated heterocycles. The van der Waals surface area contributed by atoms with Crippen LogP contribution in [0.5, 0.6) is 0 Å². The molecule has 1 fully saturated rings. The van der Waals surface area contributed by atoms with Crippen molar-refractivity contribution in [3.8, 4) is 11.3 Å². The first-order chi connectivity index (χ1) is 15.0. The Bertz CT molecular complexity index is 1320. The van der Waals surface area contributed by atoms with E-state index in [1.165, 1.54) is 12.3 Å². The molecule has 0 radical (unpaired) electrons. The molecule has 0 spiro atoms. The number of carboxylic acid groups (broad SMARTS) is 1. The minimum absolute atomic E-state index is 0.0860. The van der Waals surface area contributed by atoms with E-state index in [1.807, 2.05) is 22.9 Å². The summed E-state index contributed by atoms with van der Waals surface area (Å²) < 4.78 is 29.9. The first kappa shape index (κ1) is 20.7. The van der Waals surface area contributed by atoms with Crippen molar-refractivity contribution in [1.29, 1.82) is 0 Å². The molecule has 0 aliphatic carbocycles. The molecule has 4 heterocycles. The van der Waals surface area contributed by atoms with E-state index >= 15 is 0 Å². The molecule has 0 unspecified atom stereocenters. The highest BCUT2D eigenvalue weighted by molar-refractivity contribution is 6.00. The van der Waals surface area contributed by atoms with Crippen molar-refractivity contribution in [1.82, 2.24) is 9.55 Å². The van der Waals surface area contributed by atoms with E-state index < -0.39 is 17.3 Å². The molecule has 2 aliphatic heterocycles. The Kier molecular flexibility index (Phi) is 4.32. The number of halogens is 2. The van der Waals surface area contributed by atoms with Crippen molar-refractivity contribution in [2.24, 2.45) is 5.41 Å². The molecule has 2 N–H and O–H groups in total. The highest BCUT2D eigenvalue weighted by Crippen LogP contribution is 2.47. The van der Waals surface area contributed by atoms with Crippen LogP contribution >= 0.6 is 0 Å². The second-order valence-corrected chi connectivity index (χ2v) is 9.95. The zero-order valence-electron chi connectivity index (χ0n) is 18.2. The molecule has 2 aliphatic rings. The monoisotopic (exact) mass is 441 g/mol. The summed E-state index contributed by atoms with van der Waals surface area (Å²) in [5.74, 6) is -4.00. The molecule has 1 atom stereocenters. The van der Waals surface area contributed by atoms with E-state index in [0.29, 0.717) is 17.8 Å². The van der Waals surface area contributed by atoms with E-state index in [4.69, 9.17) is 0 Å². The quantitative estimate of drug-likeness (QED) is 0.605. The Labute approximate surface area is 183 Å². The standard InChI is InChI=1S/C24H25F2N3O3/c1-23(2,3)20-9-15-14(18-10-19(30)16(22(31)32)11-29(18)20)8-17(13-4-6-27-21(13)15)28-7-5-24(25,26)12-28/h4,6,8,10-11,20,27H,5,7,9,12H2,1-3H3,(H,31,32)/t20-/m0/s1. The maximum atomic E-state index is 14.0. The second-order valence-electron chi connectivity index (χ2n) is 9.95. The van der Waals surface area contributed by atoms with Gasteiger partial charge in [-0.25, -0.2) is 13.6 Å². The molecule has 1 aromatic carbocycles. The molecule has 2 aromatic heterocycles. The predicted molar refractivity (Wildman–Crippen MR) is 119 cm³/mol. The molecular formula is C24H25F2N3O3. The largest absolute Gasteiger partial charge is 0.477 e. The zero-order chi connectivity index (χ0) is 23.0. The molecule has 168 valence electrons. The summed E-state index contributed by atoms with van der Waals surface area (Å²) in [5.41, 5.74) is 2.94. The third-order valence-electron chi connectivity index (χ3n) is 6.76. The number of nitrogens with zero attached hydrogens (tertiary/aromatic N) is 2. The molecule has 0 amide bonds. The molecule has 32 heavy (non-hydrogen) atoms. The van der Waals surface area contributed by atoms with Crippen LogP contribution < -0.4 is 10.3 Å². The first-order valence-electron chi connectivity index (χ1n) is 10.7. The van der Waals surface area contributed by atoms with Crippen LogP contribution in [0.4, 0.5) is 14.5 Å². The van der Waals surface area contributed by atoms with E-state index in [0.717, 1.165) is 22.0 Å². The lowest BCUT2D eigenvalue weighted by atomic mass is 9.78. The highest BCUT2D eigenvalue weighted by Gasteiger charge is 2.40. The topological polar surface area (TPSA) is 78.3 Å². The summed E-state index contributed by atoms with van der Waals surface area (Å²) in [6.45, 7) is 6.15. The third-order valence-corrected chi connectivity index (χ3v) is 6.76. The van der Waals surface area contributed by atoms with Crippen LogP contribution in [0.2, 0.25) is 0 Å². The van der Waals surface area contributed by atoms with Crippen molar-refractivity contribution in [2.45, 2.75) is 45.6 Å². The summed E-state index contributed by atoms with van der Waals surface area (Å²) in [6.07, 6.45) is 3.67. The van der Waals surface area contributed by atoms with Gasteiger partial charge in [-0.1, -0.05) is 20.8 Å². The summed E-state index contributed by atoms with van der Waals surface area (Å²) >= 11 is 0. The predicted octanol–water partition coefficient (Wildman–Crippen LogP) is 4.68. The molecule has 3 aromatic rings. The normalized spacial score (nSPS) is 19.8. The number of aromatic carboxylic acids is 1. The number of aromatic nitrogens is 2. The number of anilines is 1. The van der Waals surface area contributed by atoms with E-state index in [2.05, 4.69) is 25.8 Å². The van der Waals surface area contributed by atoms with Gasteiger partial charge in [0.15, 0.2) is 5.43 Å². The summed E-state index contributed by atoms with van der Waals surface area (Å²) in [6, 6.07) is 5.08. The minimum atomic E-state index is -2.74. The highest BCUT2D eigenvalue weighted by atomic mass is 19.3. The van der Waals surface area contributed by atoms with Crippen molar-refractivity contribution in [3.63, 3.8) is 0 Å². The maximum absolute atomic E-state index is 14.0. The van der Waals surface area contributed by atoms with E-state index in [-0.39, 0.29) is 36.5 Å². The van der Waals surface area contributed by atoms with Crippen LogP contribution in [-0.4, -0.2) is 39.6 Å². The molecule has 0 bridgehead atoms. The Morgan fingerprint density at radius 3 is 2.66 bits per heavy atom. The number of carboxylic acids is 1. The van der Waals surface area contributed by atoms with Crippen LogP contribution in [0.3, 0.4) is 0 Å². The van der Waals surface area contributed by atoms with Gasteiger partial charge in [-0.2, -0.15) is 0 Å². The minimum Gasteiger partial charge on any atom is -0.477 e. The van der Waals surface area contributed by atoms with Gasteiger partial charge in [-0.3, -0.25) is 4.79 Å². The number of H-pyrrole nitrogens is 1. The number of nitrogens with one attached hydrogen (secondary N) is 1. The van der Waals surface area contributed by atoms with Crippen molar-refractivity contribution < 1.29 is 18.7 Å². The molecule has 0 saturated carbocycles. The van der Waals surface area contributed by atoms with Crippen LogP contribution in [0.1, 0.15) is 49.2 Å². The molecule has 5 rings (SSSR count). The van der Waals surface area contributed by atoms with Gasteiger partial charge in [0.25, 0.3) is 5.92 Å². The van der Waals surface area contributed by atoms with Crippen molar-refractivity contribution >= 4 is 22.6 Å². The van der Waals surface area contributed by atoms with Crippen molar-refractivity contribution in [3.05, 3.63) is 51.9 Å². The average Bonchev–Trinajstić information content (AvgIpc) is 3.31. The van der Waals surface area contributed by atoms with Gasteiger partial charge in [0.2, 0.25) is 0 Å². The van der Waals surface area contributed by atoms with Crippen LogP contribution in [0.25, 0.3) is 22.2 Å². The van der Waals surface area contributed by atoms with Gasteiger partial charge in [-0.05, 0) is 29.5 Å². The number of aromatic amines is 1. The summed E-state index contributed by atoms with van der Waals surface area (Å²) in [4.78, 5) is 29.2. The summed E-state index contributed by atoms with van der Waals surface area (Å²) in [5, 5.41) is 10.4. The van der Waals surface area contributed by atoms with Gasteiger partial charge in [0.05, 0.1) is 17.8 Å². The van der Waals surface area contributed by atoms with Crippen LogP contribution in [-0.2, 0) is 6.42 Å². The van der Waals surface area contributed by atoms with Gasteiger partial charge >= 0.3 is 5.97 Å². The lowest BCUT2D eigenvalue weighted by Crippen LogP contribution is -2.33. The Morgan fingerprint density at radius 1 is 1.28 bits per heavy atom. The number of hydrogen-bond acceptors (Lipinski definition) is 3. The Hall–Kier alpha value is -3.16. The smallest absolute Gasteiger partial charge is 0.341 e. The van der Waals surface area contributed by atoms with Gasteiger partial charge in [0.1, 0.15) is 5.56 Å². The van der Waals surface area contributed by atoms with Crippen LogP contribution in [0.15, 0.2) is 35.4 Å². The SMILES string of the molecule is CC(C)(C)[C@@H]1Cc2c(cc(N3CCC(F)(F)C3)c3cc[nH]c23)-c2cc(=O)c(C(=O)O)cn21. The number of carbonyl (C=O) groups is 1. The zero-order valence-corrected chi connectivity index (χ0v) is 18.2. The first-order valence-corrected chi connectivity index (χ1v) is 10.7. The fourth-order valence-electron chi connectivity index (χ4n) is 5.11. The number of alkyl halides is 2. The van der Waals surface area contributed by atoms with Gasteiger partial charge in [-0.15, -0.1) is 0 Å². The molecular weight excluding hydrogens is 416 g/mol. The number of hydrogen-bond donors (Lipinski definition) is 2. The summed E-state index contributed by atoms with van der Waals surface area (Å²) in [7, 11) is 0. The third kappa shape index (κ3) is 3.12. The Balaban J connectivity index is 1.79. The van der Waals surface area contributed by atoms with Crippen molar-refractivity contribution in [2.75, 3.05) is 18.0 Å². The average molecular weight is 441 g/mol. The van der Waals surface area contributed by atoms with E-state index in [1.54, 1.807) is 4.90 Å². The number of fused-ring (bicyclic) bond motifs is 5. The lowest BCUT2D eigenvalue weighted by molar-refractivity contribution is 0.0257. The Morgan fingerprint density at radius 2 is 2.03 bits per heavy atom. The van der Waals surface area contributed by atoms with Gasteiger partial charge < -0.3 is 19.6 Å². The lowest BCUT2D eigenvalue weighted by Gasteiger charge is -2.39. The van der Waals surface area contributed by atoms with E-state index in [9.17, 15) is 23.5 Å². The number of rotatable bonds is 2. The van der Waals surface area contributed by atoms with Crippen LogP contribution in [0, 0.1) is 5.41 Å². The fourth-order valence-corrected chi connectivity index (χ4v) is 5.11. The number of pyridine rings is 1. The second kappa shape index (κ2) is 6.67. The maximum Gasteiger partial charge on any atom is 0.341 e. The molecule has 6 nitrogen and oxygen atoms in total. The molecule has 8 heteroatoms. The number of benzene rings is 1. The van der Waals surface area contributed by atoms with Gasteiger partial charge in [0, 0.05) is 54.1 Å². The fraction of sp³-hybridized carbons (Fsp3) is 0.417.